The van der Waals surface area contributed by atoms with E-state index in [0.29, 0.717) is 0 Å². The third kappa shape index (κ3) is 10.7. The van der Waals surface area contributed by atoms with Gasteiger partial charge >= 0.3 is 0 Å². The van der Waals surface area contributed by atoms with Crippen molar-refractivity contribution in [1.82, 2.24) is 5.64 Å². The minimum atomic E-state index is -0.0600. The van der Waals surface area contributed by atoms with Crippen molar-refractivity contribution in [2.24, 2.45) is 0 Å². The molecule has 10 heavy (non-hydrogen) atoms. The Balaban J connectivity index is 0. The Kier molecular flexibility index (Phi) is 14.4. The van der Waals surface area contributed by atoms with Crippen molar-refractivity contribution < 1.29 is 19.9 Å². The Labute approximate surface area is 60.5 Å². The molecular formula is C5H15NO4. The lowest BCUT2D eigenvalue weighted by molar-refractivity contribution is -0.178. The Hall–Kier alpha value is -0.200. The summed E-state index contributed by atoms with van der Waals surface area (Å²) in [6.45, 7) is 0.224. The van der Waals surface area contributed by atoms with E-state index in [0.717, 1.165) is 0 Å². The first-order valence-electron chi connectivity index (χ1n) is 2.62. The van der Waals surface area contributed by atoms with Gasteiger partial charge in [0.15, 0.2) is 0 Å². The fraction of sp³-hybridized carbons (Fsp3) is 1.00. The predicted octanol–water partition coefficient (Wildman–Crippen LogP) is -0.940. The molecule has 0 saturated heterocycles. The molecular weight excluding hydrogens is 138 g/mol. The van der Waals surface area contributed by atoms with Gasteiger partial charge in [-0.3, -0.25) is 9.68 Å². The summed E-state index contributed by atoms with van der Waals surface area (Å²) < 4.78 is 0. The first-order valence-corrected chi connectivity index (χ1v) is 2.62. The molecule has 5 heteroatoms. The second kappa shape index (κ2) is 11.6. The summed E-state index contributed by atoms with van der Waals surface area (Å²) in [7, 11) is 0. The van der Waals surface area contributed by atoms with Crippen LogP contribution in [0.4, 0.5) is 0 Å². The average molecular weight is 153 g/mol. The van der Waals surface area contributed by atoms with Crippen molar-refractivity contribution in [3.05, 3.63) is 0 Å². The summed E-state index contributed by atoms with van der Waals surface area (Å²) in [5.74, 6) is 0. The van der Waals surface area contributed by atoms with Gasteiger partial charge in [-0.2, -0.15) is 0 Å². The van der Waals surface area contributed by atoms with Gasteiger partial charge in [0.1, 0.15) is 0 Å². The van der Waals surface area contributed by atoms with E-state index in [2.05, 4.69) is 15.3 Å². The molecule has 0 spiro atoms. The van der Waals surface area contributed by atoms with Crippen LogP contribution in [0.1, 0.15) is 7.43 Å². The standard InChI is InChI=1S/C4H11NO4.CH4/c6-1-3-8-5-9-4-2-7;/h5-7H,1-4H2;1H4. The molecule has 0 rings (SSSR count). The molecule has 5 nitrogen and oxygen atoms in total. The van der Waals surface area contributed by atoms with Crippen LogP contribution in [0, 0.1) is 0 Å². The highest BCUT2D eigenvalue weighted by Gasteiger charge is 1.83. The van der Waals surface area contributed by atoms with Crippen LogP contribution in [0.3, 0.4) is 0 Å². The fourth-order valence-electron chi connectivity index (χ4n) is 0.216. The molecule has 0 amide bonds. The van der Waals surface area contributed by atoms with Gasteiger partial charge in [-0.15, -0.1) is 0 Å². The first kappa shape index (κ1) is 12.5. The highest BCUT2D eigenvalue weighted by molar-refractivity contribution is 4.16. The number of hydrogen-bond donors (Lipinski definition) is 3. The van der Waals surface area contributed by atoms with Gasteiger partial charge in [0.2, 0.25) is 0 Å². The second-order valence-electron chi connectivity index (χ2n) is 1.23. The summed E-state index contributed by atoms with van der Waals surface area (Å²) >= 11 is 0. The average Bonchev–Trinajstić information content (AvgIpc) is 1.89. The summed E-state index contributed by atoms with van der Waals surface area (Å²) in [6, 6.07) is 0. The minimum absolute atomic E-state index is 0. The van der Waals surface area contributed by atoms with Crippen molar-refractivity contribution >= 4 is 0 Å². The Morgan fingerprint density at radius 3 is 1.70 bits per heavy atom. The minimum Gasteiger partial charge on any atom is -0.394 e. The zero-order chi connectivity index (χ0) is 6.95. The largest absolute Gasteiger partial charge is 0.394 e. The quantitative estimate of drug-likeness (QED) is 0.339. The van der Waals surface area contributed by atoms with Crippen LogP contribution >= 0.6 is 0 Å². The molecule has 0 heterocycles. The maximum atomic E-state index is 8.15. The van der Waals surface area contributed by atoms with Gasteiger partial charge in [-0.25, -0.2) is 0 Å². The molecule has 3 N–H and O–H groups in total. The van der Waals surface area contributed by atoms with Crippen LogP contribution in [0.5, 0.6) is 0 Å². The van der Waals surface area contributed by atoms with Crippen LogP contribution in [-0.4, -0.2) is 36.6 Å². The summed E-state index contributed by atoms with van der Waals surface area (Å²) in [5.41, 5.74) is 2.07. The van der Waals surface area contributed by atoms with E-state index in [-0.39, 0.29) is 33.9 Å². The maximum absolute atomic E-state index is 8.15. The molecule has 0 unspecified atom stereocenters. The molecule has 0 aromatic heterocycles. The Bertz CT molecular complexity index is 46.9. The van der Waals surface area contributed by atoms with Crippen molar-refractivity contribution in [3.63, 3.8) is 0 Å². The van der Waals surface area contributed by atoms with Gasteiger partial charge < -0.3 is 10.2 Å². The van der Waals surface area contributed by atoms with Gasteiger partial charge in [-0.1, -0.05) is 13.1 Å². The molecule has 0 atom stereocenters. The van der Waals surface area contributed by atoms with Gasteiger partial charge in [0, 0.05) is 0 Å². The number of hydrogen-bond acceptors (Lipinski definition) is 5. The van der Waals surface area contributed by atoms with Crippen LogP contribution in [0.15, 0.2) is 0 Å². The van der Waals surface area contributed by atoms with Crippen molar-refractivity contribution in [3.8, 4) is 0 Å². The van der Waals surface area contributed by atoms with Crippen LogP contribution in [0.2, 0.25) is 0 Å². The van der Waals surface area contributed by atoms with E-state index in [4.69, 9.17) is 10.2 Å². The summed E-state index contributed by atoms with van der Waals surface area (Å²) in [6.07, 6.45) is 0. The zero-order valence-corrected chi connectivity index (χ0v) is 5.04. The zero-order valence-electron chi connectivity index (χ0n) is 5.04. The lowest BCUT2D eigenvalue weighted by Crippen LogP contribution is -2.19. The van der Waals surface area contributed by atoms with E-state index in [1.807, 2.05) is 0 Å². The Morgan fingerprint density at radius 1 is 1.00 bits per heavy atom. The molecule has 0 aliphatic heterocycles. The molecule has 0 aromatic carbocycles. The monoisotopic (exact) mass is 153 g/mol. The topological polar surface area (TPSA) is 71.0 Å². The second-order valence-corrected chi connectivity index (χ2v) is 1.23. The molecule has 0 aliphatic carbocycles. The normalized spacial score (nSPS) is 9.00. The third-order valence-electron chi connectivity index (χ3n) is 0.505. The van der Waals surface area contributed by atoms with E-state index < -0.39 is 0 Å². The van der Waals surface area contributed by atoms with Crippen molar-refractivity contribution in [1.29, 1.82) is 0 Å². The maximum Gasteiger partial charge on any atom is 0.0940 e. The van der Waals surface area contributed by atoms with Gasteiger partial charge in [0.05, 0.1) is 26.4 Å². The number of aliphatic hydroxyl groups excluding tert-OH is 2. The van der Waals surface area contributed by atoms with Crippen molar-refractivity contribution in [2.45, 2.75) is 7.43 Å². The van der Waals surface area contributed by atoms with Crippen molar-refractivity contribution in [2.75, 3.05) is 26.4 Å². The van der Waals surface area contributed by atoms with Gasteiger partial charge in [0.25, 0.3) is 0 Å². The molecule has 0 aliphatic rings. The predicted molar refractivity (Wildman–Crippen MR) is 35.9 cm³/mol. The van der Waals surface area contributed by atoms with Crippen LogP contribution in [-0.2, 0) is 9.68 Å². The van der Waals surface area contributed by atoms with Crippen LogP contribution < -0.4 is 5.64 Å². The summed E-state index contributed by atoms with van der Waals surface area (Å²) in [5, 5.41) is 16.3. The molecule has 64 valence electrons. The first-order chi connectivity index (χ1) is 4.41. The molecule has 0 fully saturated rings. The lowest BCUT2D eigenvalue weighted by Gasteiger charge is -2.01. The Morgan fingerprint density at radius 2 is 1.40 bits per heavy atom. The summed E-state index contributed by atoms with van der Waals surface area (Å²) in [4.78, 5) is 8.90. The highest BCUT2D eigenvalue weighted by atomic mass is 16.9. The number of aliphatic hydroxyl groups is 2. The molecule has 0 aromatic rings. The smallest absolute Gasteiger partial charge is 0.0940 e. The SMILES string of the molecule is C.OCCONOCCO. The van der Waals surface area contributed by atoms with Crippen LogP contribution in [0.25, 0.3) is 0 Å². The number of nitrogens with one attached hydrogen (secondary N) is 1. The van der Waals surface area contributed by atoms with E-state index in [1.54, 1.807) is 0 Å². The number of rotatable bonds is 6. The molecule has 0 radical (unpaired) electrons. The van der Waals surface area contributed by atoms with E-state index in [9.17, 15) is 0 Å². The fourth-order valence-corrected chi connectivity index (χ4v) is 0.216. The molecule has 0 saturated carbocycles. The van der Waals surface area contributed by atoms with Gasteiger partial charge in [-0.05, 0) is 0 Å². The lowest BCUT2D eigenvalue weighted by atomic mass is 10.8. The van der Waals surface area contributed by atoms with E-state index >= 15 is 0 Å². The third-order valence-corrected chi connectivity index (χ3v) is 0.505. The van der Waals surface area contributed by atoms with E-state index in [1.165, 1.54) is 0 Å². The molecule has 0 bridgehead atoms. The highest BCUT2D eigenvalue weighted by Crippen LogP contribution is 1.67.